The van der Waals surface area contributed by atoms with Gasteiger partial charge in [-0.15, -0.1) is 11.3 Å². The quantitative estimate of drug-likeness (QED) is 0.176. The van der Waals surface area contributed by atoms with Crippen molar-refractivity contribution in [3.05, 3.63) is 187 Å². The minimum atomic E-state index is -0.0917. The lowest BCUT2D eigenvalue weighted by Crippen LogP contribution is -2.16. The molecule has 9 aromatic rings. The van der Waals surface area contributed by atoms with Crippen molar-refractivity contribution in [1.29, 1.82) is 0 Å². The summed E-state index contributed by atoms with van der Waals surface area (Å²) in [7, 11) is 0. The van der Waals surface area contributed by atoms with Crippen LogP contribution in [-0.2, 0) is 5.41 Å². The van der Waals surface area contributed by atoms with Crippen LogP contribution in [0.5, 0.6) is 0 Å². The molecule has 0 atom stereocenters. The van der Waals surface area contributed by atoms with Gasteiger partial charge in [0.1, 0.15) is 0 Å². The summed E-state index contributed by atoms with van der Waals surface area (Å²) in [5, 5.41) is 5.20. The van der Waals surface area contributed by atoms with E-state index in [4.69, 9.17) is 0 Å². The average Bonchev–Trinajstić information content (AvgIpc) is 3.68. The first-order valence-electron chi connectivity index (χ1n) is 17.7. The fourth-order valence-corrected chi connectivity index (χ4v) is 9.57. The largest absolute Gasteiger partial charge is 0.310 e. The van der Waals surface area contributed by atoms with Crippen molar-refractivity contribution >= 4 is 59.3 Å². The Morgan fingerprint density at radius 3 is 1.84 bits per heavy atom. The Balaban J connectivity index is 1.19. The Morgan fingerprint density at radius 2 is 1.04 bits per heavy atom. The van der Waals surface area contributed by atoms with Gasteiger partial charge < -0.3 is 4.90 Å². The van der Waals surface area contributed by atoms with Crippen molar-refractivity contribution in [3.63, 3.8) is 0 Å². The zero-order chi connectivity index (χ0) is 34.1. The number of anilines is 3. The van der Waals surface area contributed by atoms with Crippen molar-refractivity contribution in [3.8, 4) is 33.4 Å². The van der Waals surface area contributed by atoms with Gasteiger partial charge in [-0.05, 0) is 104 Å². The van der Waals surface area contributed by atoms with Crippen LogP contribution in [0.2, 0.25) is 0 Å². The number of benzene rings is 8. The molecule has 1 nitrogen and oxygen atoms in total. The predicted octanol–water partition coefficient (Wildman–Crippen LogP) is 14.3. The van der Waals surface area contributed by atoms with E-state index >= 15 is 0 Å². The van der Waals surface area contributed by atoms with E-state index in [2.05, 4.69) is 195 Å². The summed E-state index contributed by atoms with van der Waals surface area (Å²) in [6.07, 6.45) is 0. The van der Waals surface area contributed by atoms with Crippen molar-refractivity contribution < 1.29 is 0 Å². The number of thiophene rings is 1. The van der Waals surface area contributed by atoms with Crippen LogP contribution in [0.15, 0.2) is 176 Å². The van der Waals surface area contributed by atoms with Crippen LogP contribution in [0.25, 0.3) is 64.3 Å². The first-order valence-corrected chi connectivity index (χ1v) is 18.5. The van der Waals surface area contributed by atoms with Crippen LogP contribution in [0.3, 0.4) is 0 Å². The van der Waals surface area contributed by atoms with Gasteiger partial charge in [0.05, 0.1) is 0 Å². The highest BCUT2D eigenvalue weighted by Crippen LogP contribution is 2.51. The topological polar surface area (TPSA) is 3.24 Å². The number of rotatable bonds is 5. The molecule has 51 heavy (non-hydrogen) atoms. The SMILES string of the molecule is CC1(C)c2ccccc2-c2ccc(N(c3ccc(-c4ccccc4)cc3)c3ccc4c(c3)cc(-c3ccccc3)c3c5ccccc5sc43)cc21. The highest BCUT2D eigenvalue weighted by Gasteiger charge is 2.35. The summed E-state index contributed by atoms with van der Waals surface area (Å²) in [6, 6.07) is 64.8. The maximum Gasteiger partial charge on any atom is 0.0468 e. The highest BCUT2D eigenvalue weighted by molar-refractivity contribution is 7.26. The molecule has 0 bridgehead atoms. The lowest BCUT2D eigenvalue weighted by atomic mass is 9.82. The second-order valence-electron chi connectivity index (χ2n) is 14.1. The number of nitrogens with zero attached hydrogens (tertiary/aromatic N) is 1. The molecule has 1 aromatic heterocycles. The molecule has 242 valence electrons. The van der Waals surface area contributed by atoms with Crippen LogP contribution in [-0.4, -0.2) is 0 Å². The van der Waals surface area contributed by atoms with Crippen LogP contribution in [0, 0.1) is 0 Å². The number of hydrogen-bond acceptors (Lipinski definition) is 2. The standard InChI is InChI=1S/C49H35NS/c1-49(2)44-19-11-9-17-40(44)41-28-26-38(31-45(41)49)50(36-23-21-33(22-24-36)32-13-5-3-6-14-32)37-25-27-39-35(29-37)30-43(34-15-7-4-8-16-34)47-42-18-10-12-20-46(42)51-48(39)47/h3-31H,1-2H3. The van der Waals surface area contributed by atoms with Gasteiger partial charge in [-0.3, -0.25) is 0 Å². The average molecular weight is 670 g/mol. The molecule has 2 heteroatoms. The second-order valence-corrected chi connectivity index (χ2v) is 15.2. The van der Waals surface area contributed by atoms with Crippen molar-refractivity contribution in [1.82, 2.24) is 0 Å². The molecule has 0 N–H and O–H groups in total. The summed E-state index contributed by atoms with van der Waals surface area (Å²) >= 11 is 1.90. The fraction of sp³-hybridized carbons (Fsp3) is 0.0612. The van der Waals surface area contributed by atoms with E-state index in [-0.39, 0.29) is 5.41 Å². The maximum atomic E-state index is 2.44. The van der Waals surface area contributed by atoms with Crippen LogP contribution in [0.1, 0.15) is 25.0 Å². The third-order valence-corrected chi connectivity index (χ3v) is 12.0. The molecule has 10 rings (SSSR count). The monoisotopic (exact) mass is 669 g/mol. The summed E-state index contributed by atoms with van der Waals surface area (Å²) < 4.78 is 2.66. The molecule has 1 aliphatic carbocycles. The van der Waals surface area contributed by atoms with Gasteiger partial charge in [-0.25, -0.2) is 0 Å². The summed E-state index contributed by atoms with van der Waals surface area (Å²) in [5.41, 5.74) is 13.7. The Morgan fingerprint density at radius 1 is 0.431 bits per heavy atom. The Bertz CT molecular complexity index is 2760. The van der Waals surface area contributed by atoms with Crippen molar-refractivity contribution in [2.45, 2.75) is 19.3 Å². The van der Waals surface area contributed by atoms with E-state index in [9.17, 15) is 0 Å². The molecular formula is C49H35NS. The van der Waals surface area contributed by atoms with E-state index < -0.39 is 0 Å². The summed E-state index contributed by atoms with van der Waals surface area (Å²) in [6.45, 7) is 4.72. The lowest BCUT2D eigenvalue weighted by Gasteiger charge is -2.28. The van der Waals surface area contributed by atoms with Crippen molar-refractivity contribution in [2.75, 3.05) is 4.90 Å². The molecular weight excluding hydrogens is 635 g/mol. The number of fused-ring (bicyclic) bond motifs is 8. The molecule has 0 saturated heterocycles. The smallest absolute Gasteiger partial charge is 0.0468 e. The Hall–Kier alpha value is -5.96. The van der Waals surface area contributed by atoms with Gasteiger partial charge >= 0.3 is 0 Å². The van der Waals surface area contributed by atoms with E-state index in [0.29, 0.717) is 0 Å². The minimum Gasteiger partial charge on any atom is -0.310 e. The van der Waals surface area contributed by atoms with Crippen LogP contribution in [0.4, 0.5) is 17.1 Å². The van der Waals surface area contributed by atoms with Gasteiger partial charge in [0.15, 0.2) is 0 Å². The van der Waals surface area contributed by atoms with Gasteiger partial charge in [0.25, 0.3) is 0 Å². The highest BCUT2D eigenvalue weighted by atomic mass is 32.1. The zero-order valence-corrected chi connectivity index (χ0v) is 29.4. The van der Waals surface area contributed by atoms with E-state index in [0.717, 1.165) is 17.1 Å². The van der Waals surface area contributed by atoms with Gasteiger partial charge in [0.2, 0.25) is 0 Å². The lowest BCUT2D eigenvalue weighted by molar-refractivity contribution is 0.660. The van der Waals surface area contributed by atoms with Gasteiger partial charge in [-0.1, -0.05) is 141 Å². The molecule has 0 spiro atoms. The Labute approximate surface area is 302 Å². The normalized spacial score (nSPS) is 13.1. The molecule has 0 fully saturated rings. The zero-order valence-electron chi connectivity index (χ0n) is 28.6. The maximum absolute atomic E-state index is 2.44. The minimum absolute atomic E-state index is 0.0917. The van der Waals surface area contributed by atoms with E-state index in [1.807, 2.05) is 11.3 Å². The van der Waals surface area contributed by atoms with E-state index in [1.165, 1.54) is 75.5 Å². The molecule has 1 aliphatic rings. The molecule has 1 heterocycles. The first kappa shape index (κ1) is 29.9. The third-order valence-electron chi connectivity index (χ3n) is 10.8. The van der Waals surface area contributed by atoms with Gasteiger partial charge in [0, 0.05) is 42.6 Å². The summed E-state index contributed by atoms with van der Waals surface area (Å²) in [5.74, 6) is 0. The molecule has 0 amide bonds. The number of hydrogen-bond donors (Lipinski definition) is 0. The predicted molar refractivity (Wildman–Crippen MR) is 220 cm³/mol. The molecule has 0 saturated carbocycles. The van der Waals surface area contributed by atoms with E-state index in [1.54, 1.807) is 0 Å². The molecule has 0 radical (unpaired) electrons. The first-order chi connectivity index (χ1) is 25.0. The van der Waals surface area contributed by atoms with Crippen molar-refractivity contribution in [2.24, 2.45) is 0 Å². The Kier molecular flexibility index (Phi) is 6.78. The van der Waals surface area contributed by atoms with Crippen LogP contribution >= 0.6 is 11.3 Å². The third kappa shape index (κ3) is 4.75. The fourth-order valence-electron chi connectivity index (χ4n) is 8.30. The second kappa shape index (κ2) is 11.6. The summed E-state index contributed by atoms with van der Waals surface area (Å²) in [4.78, 5) is 2.44. The molecule has 8 aromatic carbocycles. The van der Waals surface area contributed by atoms with Crippen LogP contribution < -0.4 is 4.90 Å². The molecule has 0 unspecified atom stereocenters. The molecule has 0 aliphatic heterocycles. The van der Waals surface area contributed by atoms with Gasteiger partial charge in [-0.2, -0.15) is 0 Å².